The van der Waals surface area contributed by atoms with E-state index in [-0.39, 0.29) is 41.9 Å². The highest BCUT2D eigenvalue weighted by Gasteiger charge is 2.16. The number of benzene rings is 1. The summed E-state index contributed by atoms with van der Waals surface area (Å²) in [4.78, 5) is 35.2. The molecule has 1 amide bonds. The lowest BCUT2D eigenvalue weighted by molar-refractivity contribution is -0.137. The van der Waals surface area contributed by atoms with Gasteiger partial charge in [-0.05, 0) is 43.3 Å². The lowest BCUT2D eigenvalue weighted by Crippen LogP contribution is -2.41. The van der Waals surface area contributed by atoms with Crippen LogP contribution in [0.4, 0.5) is 4.39 Å². The first-order valence-electron chi connectivity index (χ1n) is 8.84. The standard InChI is InChI=1S/C17H19FN6O4S/c18-9-2-4-12-10(8-9)15(28)23(16-21-22-17(29)24(12)16)7-1-6-20-14(27)11(19)3-5-13(25)26/h2,4,8,11H,1,3,5-7,19H2,(H,20,27)(H,22,29)(H,25,26). The summed E-state index contributed by atoms with van der Waals surface area (Å²) in [5.74, 6) is -1.75. The molecule has 0 aliphatic heterocycles. The third-order valence-corrected chi connectivity index (χ3v) is 4.71. The first kappa shape index (κ1) is 20.6. The van der Waals surface area contributed by atoms with Crippen LogP contribution < -0.4 is 16.6 Å². The van der Waals surface area contributed by atoms with Crippen molar-refractivity contribution in [2.24, 2.45) is 5.73 Å². The number of nitrogens with zero attached hydrogens (tertiary/aromatic N) is 3. The van der Waals surface area contributed by atoms with Gasteiger partial charge in [0.2, 0.25) is 16.5 Å². The number of aryl methyl sites for hydroxylation is 1. The van der Waals surface area contributed by atoms with Crippen molar-refractivity contribution in [3.63, 3.8) is 0 Å². The van der Waals surface area contributed by atoms with Crippen LogP contribution in [0.15, 0.2) is 23.0 Å². The zero-order valence-corrected chi connectivity index (χ0v) is 16.0. The van der Waals surface area contributed by atoms with Gasteiger partial charge in [-0.25, -0.2) is 9.49 Å². The van der Waals surface area contributed by atoms with Gasteiger partial charge in [0.05, 0.1) is 16.9 Å². The van der Waals surface area contributed by atoms with Gasteiger partial charge >= 0.3 is 5.97 Å². The number of fused-ring (bicyclic) bond motifs is 3. The fourth-order valence-electron chi connectivity index (χ4n) is 2.99. The van der Waals surface area contributed by atoms with Crippen molar-refractivity contribution in [1.29, 1.82) is 0 Å². The zero-order valence-electron chi connectivity index (χ0n) is 15.2. The van der Waals surface area contributed by atoms with Crippen LogP contribution in [0.3, 0.4) is 0 Å². The predicted molar refractivity (Wildman–Crippen MR) is 105 cm³/mol. The number of carbonyl (C=O) groups excluding carboxylic acids is 1. The van der Waals surface area contributed by atoms with Gasteiger partial charge < -0.3 is 16.2 Å². The van der Waals surface area contributed by atoms with Gasteiger partial charge in [0.15, 0.2) is 0 Å². The Balaban J connectivity index is 1.76. The first-order chi connectivity index (χ1) is 13.8. The molecule has 1 unspecified atom stereocenters. The van der Waals surface area contributed by atoms with Crippen molar-refractivity contribution in [2.45, 2.75) is 31.8 Å². The molecule has 0 fully saturated rings. The maximum absolute atomic E-state index is 13.7. The molecule has 0 saturated carbocycles. The average molecular weight is 422 g/mol. The van der Waals surface area contributed by atoms with Crippen LogP contribution >= 0.6 is 12.2 Å². The maximum Gasteiger partial charge on any atom is 0.303 e. The number of H-pyrrole nitrogens is 1. The van der Waals surface area contributed by atoms with E-state index < -0.39 is 29.3 Å². The van der Waals surface area contributed by atoms with E-state index in [1.165, 1.54) is 16.7 Å². The number of rotatable bonds is 8. The summed E-state index contributed by atoms with van der Waals surface area (Å²) >= 11 is 5.21. The molecule has 0 radical (unpaired) electrons. The van der Waals surface area contributed by atoms with E-state index in [0.717, 1.165) is 6.07 Å². The van der Waals surface area contributed by atoms with Crippen molar-refractivity contribution in [1.82, 2.24) is 24.5 Å². The largest absolute Gasteiger partial charge is 0.481 e. The molecule has 10 nitrogen and oxygen atoms in total. The molecular formula is C17H19FN6O4S. The Morgan fingerprint density at radius 1 is 1.41 bits per heavy atom. The van der Waals surface area contributed by atoms with E-state index in [0.29, 0.717) is 11.9 Å². The molecule has 0 bridgehead atoms. The number of aromatic amines is 1. The molecule has 0 aliphatic rings. The summed E-state index contributed by atoms with van der Waals surface area (Å²) in [6.45, 7) is 0.406. The Morgan fingerprint density at radius 3 is 2.90 bits per heavy atom. The topological polar surface area (TPSA) is 148 Å². The minimum absolute atomic E-state index is 0.0308. The number of aromatic nitrogens is 4. The van der Waals surface area contributed by atoms with Crippen LogP contribution in [-0.4, -0.2) is 48.7 Å². The zero-order chi connectivity index (χ0) is 21.1. The van der Waals surface area contributed by atoms with Crippen molar-refractivity contribution in [2.75, 3.05) is 6.54 Å². The Kier molecular flexibility index (Phi) is 6.03. The number of amides is 1. The number of hydrogen-bond acceptors (Lipinski definition) is 6. The summed E-state index contributed by atoms with van der Waals surface area (Å²) in [5.41, 5.74) is 5.66. The minimum atomic E-state index is -1.03. The Hall–Kier alpha value is -3.12. The summed E-state index contributed by atoms with van der Waals surface area (Å²) in [5, 5.41) is 18.1. The van der Waals surface area contributed by atoms with Gasteiger partial charge in [0.25, 0.3) is 5.56 Å². The summed E-state index contributed by atoms with van der Waals surface area (Å²) in [6, 6.07) is 2.93. The van der Waals surface area contributed by atoms with Gasteiger partial charge in [-0.15, -0.1) is 5.10 Å². The average Bonchev–Trinajstić information content (AvgIpc) is 3.06. The molecule has 2 aromatic heterocycles. The van der Waals surface area contributed by atoms with Gasteiger partial charge in [-0.3, -0.25) is 23.4 Å². The highest BCUT2D eigenvalue weighted by atomic mass is 32.1. The quantitative estimate of drug-likeness (QED) is 0.306. The van der Waals surface area contributed by atoms with Crippen molar-refractivity contribution < 1.29 is 19.1 Å². The van der Waals surface area contributed by atoms with E-state index in [4.69, 9.17) is 23.1 Å². The second-order valence-corrected chi connectivity index (χ2v) is 6.85. The highest BCUT2D eigenvalue weighted by molar-refractivity contribution is 7.71. The van der Waals surface area contributed by atoms with E-state index >= 15 is 0 Å². The number of carbonyl (C=O) groups is 2. The number of nitrogens with one attached hydrogen (secondary N) is 2. The SMILES string of the molecule is NC(CCC(=O)O)C(=O)NCCCn1c(=O)c2cc(F)ccc2n2c(=S)[nH]nc12. The van der Waals surface area contributed by atoms with Crippen LogP contribution in [0, 0.1) is 10.6 Å². The summed E-state index contributed by atoms with van der Waals surface area (Å²) in [7, 11) is 0. The predicted octanol–water partition coefficient (Wildman–Crippen LogP) is 0.544. The Bertz CT molecular complexity index is 1200. The number of hydrogen-bond donors (Lipinski definition) is 4. The van der Waals surface area contributed by atoms with E-state index in [1.807, 2.05) is 0 Å². The number of aliphatic carboxylic acids is 1. The van der Waals surface area contributed by atoms with E-state index in [9.17, 15) is 18.8 Å². The van der Waals surface area contributed by atoms with E-state index in [1.54, 1.807) is 4.40 Å². The van der Waals surface area contributed by atoms with Crippen LogP contribution in [0.25, 0.3) is 16.7 Å². The fourth-order valence-corrected chi connectivity index (χ4v) is 3.21. The molecule has 1 atom stereocenters. The van der Waals surface area contributed by atoms with Crippen LogP contribution in [-0.2, 0) is 16.1 Å². The molecule has 3 aromatic rings. The maximum atomic E-state index is 13.7. The fraction of sp³-hybridized carbons (Fsp3) is 0.353. The monoisotopic (exact) mass is 422 g/mol. The first-order valence-corrected chi connectivity index (χ1v) is 9.24. The molecule has 0 saturated heterocycles. The van der Waals surface area contributed by atoms with Gasteiger partial charge in [0.1, 0.15) is 5.82 Å². The highest BCUT2D eigenvalue weighted by Crippen LogP contribution is 2.14. The second kappa shape index (κ2) is 8.49. The van der Waals surface area contributed by atoms with Gasteiger partial charge in [-0.1, -0.05) is 0 Å². The van der Waals surface area contributed by atoms with Crippen molar-refractivity contribution in [3.8, 4) is 0 Å². The molecule has 0 aliphatic carbocycles. The summed E-state index contributed by atoms with van der Waals surface area (Å²) < 4.78 is 16.8. The number of halogens is 1. The molecule has 29 heavy (non-hydrogen) atoms. The third kappa shape index (κ3) is 4.32. The molecule has 2 heterocycles. The molecule has 0 spiro atoms. The van der Waals surface area contributed by atoms with Crippen LogP contribution in [0.1, 0.15) is 19.3 Å². The molecule has 154 valence electrons. The number of carboxylic acid groups (broad SMARTS) is 1. The normalized spacial score (nSPS) is 12.3. The summed E-state index contributed by atoms with van der Waals surface area (Å²) in [6.07, 6.45) is 0.200. The lowest BCUT2D eigenvalue weighted by atomic mass is 10.1. The molecule has 5 N–H and O–H groups in total. The Labute approximate surface area is 168 Å². The van der Waals surface area contributed by atoms with Gasteiger partial charge in [-0.2, -0.15) is 0 Å². The molecular weight excluding hydrogens is 403 g/mol. The molecule has 1 aromatic carbocycles. The van der Waals surface area contributed by atoms with E-state index in [2.05, 4.69) is 15.5 Å². The van der Waals surface area contributed by atoms with Crippen molar-refractivity contribution >= 4 is 40.8 Å². The van der Waals surface area contributed by atoms with Crippen molar-refractivity contribution in [3.05, 3.63) is 39.1 Å². The van der Waals surface area contributed by atoms with Gasteiger partial charge in [0, 0.05) is 19.5 Å². The lowest BCUT2D eigenvalue weighted by Gasteiger charge is -2.13. The van der Waals surface area contributed by atoms with Crippen LogP contribution in [0.2, 0.25) is 0 Å². The molecule has 3 rings (SSSR count). The Morgan fingerprint density at radius 2 is 2.17 bits per heavy atom. The van der Waals surface area contributed by atoms with Crippen LogP contribution in [0.5, 0.6) is 0 Å². The number of carboxylic acids is 1. The third-order valence-electron chi connectivity index (χ3n) is 4.43. The smallest absolute Gasteiger partial charge is 0.303 e. The molecule has 12 heteroatoms. The minimum Gasteiger partial charge on any atom is -0.481 e. The number of nitrogens with two attached hydrogens (primary N) is 1. The second-order valence-electron chi connectivity index (χ2n) is 6.47.